The zero-order chi connectivity index (χ0) is 11.8. The summed E-state index contributed by atoms with van der Waals surface area (Å²) < 4.78 is 0. The van der Waals surface area contributed by atoms with E-state index in [4.69, 9.17) is 0 Å². The SMILES string of the molecule is CNC1CCC(N2CCC3CCC(C2)N3C)C1. The van der Waals surface area contributed by atoms with Crippen molar-refractivity contribution in [1.82, 2.24) is 15.1 Å². The van der Waals surface area contributed by atoms with Crippen molar-refractivity contribution in [2.45, 2.75) is 62.7 Å². The molecule has 17 heavy (non-hydrogen) atoms. The molecule has 0 amide bonds. The molecule has 0 radical (unpaired) electrons. The molecule has 0 aromatic rings. The van der Waals surface area contributed by atoms with Crippen molar-refractivity contribution in [1.29, 1.82) is 0 Å². The third-order valence-corrected chi connectivity index (χ3v) is 5.51. The first-order valence-corrected chi connectivity index (χ1v) is 7.41. The minimum atomic E-state index is 0.776. The maximum absolute atomic E-state index is 3.45. The van der Waals surface area contributed by atoms with Crippen LogP contribution >= 0.6 is 0 Å². The molecule has 4 unspecified atom stereocenters. The average Bonchev–Trinajstić information content (AvgIpc) is 2.86. The second kappa shape index (κ2) is 4.87. The molecular formula is C14H27N3. The summed E-state index contributed by atoms with van der Waals surface area (Å²) in [6, 6.07) is 3.36. The van der Waals surface area contributed by atoms with Gasteiger partial charge < -0.3 is 5.32 Å². The standard InChI is InChI=1S/C14H27N3/c1-15-11-3-4-13(9-11)17-8-7-12-5-6-14(10-17)16(12)2/h11-15H,3-10H2,1-2H3. The smallest absolute Gasteiger partial charge is 0.0223 e. The van der Waals surface area contributed by atoms with Gasteiger partial charge in [0.15, 0.2) is 0 Å². The molecule has 2 aliphatic heterocycles. The molecule has 2 bridgehead atoms. The highest BCUT2D eigenvalue weighted by atomic mass is 15.3. The second-order valence-electron chi connectivity index (χ2n) is 6.29. The Bertz CT molecular complexity index is 268. The molecule has 2 heterocycles. The van der Waals surface area contributed by atoms with Crippen molar-refractivity contribution < 1.29 is 0 Å². The summed E-state index contributed by atoms with van der Waals surface area (Å²) in [6.45, 7) is 2.67. The van der Waals surface area contributed by atoms with E-state index in [1.54, 1.807) is 0 Å². The number of fused-ring (bicyclic) bond motifs is 2. The first-order valence-electron chi connectivity index (χ1n) is 7.41. The highest BCUT2D eigenvalue weighted by Crippen LogP contribution is 2.32. The molecule has 1 aliphatic carbocycles. The lowest BCUT2D eigenvalue weighted by Gasteiger charge is -2.31. The van der Waals surface area contributed by atoms with Gasteiger partial charge >= 0.3 is 0 Å². The van der Waals surface area contributed by atoms with Crippen LogP contribution in [0.15, 0.2) is 0 Å². The average molecular weight is 237 g/mol. The topological polar surface area (TPSA) is 18.5 Å². The molecule has 1 saturated carbocycles. The van der Waals surface area contributed by atoms with Gasteiger partial charge in [0.05, 0.1) is 0 Å². The Hall–Kier alpha value is -0.120. The summed E-state index contributed by atoms with van der Waals surface area (Å²) >= 11 is 0. The van der Waals surface area contributed by atoms with Crippen LogP contribution in [0.1, 0.15) is 38.5 Å². The van der Waals surface area contributed by atoms with Crippen molar-refractivity contribution in [3.8, 4) is 0 Å². The molecule has 3 nitrogen and oxygen atoms in total. The number of hydrogen-bond donors (Lipinski definition) is 1. The Morgan fingerprint density at radius 1 is 0.941 bits per heavy atom. The number of hydrogen-bond acceptors (Lipinski definition) is 3. The van der Waals surface area contributed by atoms with Crippen LogP contribution in [0.25, 0.3) is 0 Å². The minimum Gasteiger partial charge on any atom is -0.317 e. The maximum atomic E-state index is 3.45. The van der Waals surface area contributed by atoms with Crippen LogP contribution in [0.4, 0.5) is 0 Å². The van der Waals surface area contributed by atoms with Gasteiger partial charge in [-0.05, 0) is 59.2 Å². The normalized spacial score (nSPS) is 44.1. The molecule has 3 fully saturated rings. The summed E-state index contributed by atoms with van der Waals surface area (Å²) in [7, 11) is 4.46. The van der Waals surface area contributed by atoms with Gasteiger partial charge in [-0.25, -0.2) is 0 Å². The molecule has 0 aromatic heterocycles. The molecule has 3 rings (SSSR count). The number of likely N-dealkylation sites (N-methyl/N-ethyl adjacent to an activating group) is 1. The highest BCUT2D eigenvalue weighted by Gasteiger charge is 2.38. The summed E-state index contributed by atoms with van der Waals surface area (Å²) in [5.41, 5.74) is 0. The van der Waals surface area contributed by atoms with Crippen LogP contribution in [-0.4, -0.2) is 61.2 Å². The Kier molecular flexibility index (Phi) is 3.42. The van der Waals surface area contributed by atoms with Gasteiger partial charge in [-0.1, -0.05) is 0 Å². The number of rotatable bonds is 2. The quantitative estimate of drug-likeness (QED) is 0.781. The van der Waals surface area contributed by atoms with E-state index < -0.39 is 0 Å². The Morgan fingerprint density at radius 3 is 2.47 bits per heavy atom. The maximum Gasteiger partial charge on any atom is 0.0223 e. The molecule has 98 valence electrons. The van der Waals surface area contributed by atoms with Gasteiger partial charge in [0.1, 0.15) is 0 Å². The van der Waals surface area contributed by atoms with Gasteiger partial charge in [0.25, 0.3) is 0 Å². The lowest BCUT2D eigenvalue weighted by atomic mass is 10.1. The third-order valence-electron chi connectivity index (χ3n) is 5.51. The summed E-state index contributed by atoms with van der Waals surface area (Å²) in [5, 5.41) is 3.45. The van der Waals surface area contributed by atoms with Gasteiger partial charge in [-0.3, -0.25) is 9.80 Å². The first kappa shape index (κ1) is 11.9. The van der Waals surface area contributed by atoms with Crippen molar-refractivity contribution in [3.05, 3.63) is 0 Å². The molecule has 1 N–H and O–H groups in total. The summed E-state index contributed by atoms with van der Waals surface area (Å²) in [6.07, 6.45) is 8.43. The number of nitrogens with zero attached hydrogens (tertiary/aromatic N) is 2. The van der Waals surface area contributed by atoms with Gasteiger partial charge in [0.2, 0.25) is 0 Å². The summed E-state index contributed by atoms with van der Waals surface area (Å²) in [4.78, 5) is 5.46. The van der Waals surface area contributed by atoms with Crippen molar-refractivity contribution >= 4 is 0 Å². The fourth-order valence-electron chi connectivity index (χ4n) is 4.22. The van der Waals surface area contributed by atoms with E-state index in [-0.39, 0.29) is 0 Å². The lowest BCUT2D eigenvalue weighted by Crippen LogP contribution is -2.41. The van der Waals surface area contributed by atoms with Crippen LogP contribution in [0, 0.1) is 0 Å². The Morgan fingerprint density at radius 2 is 1.71 bits per heavy atom. The Balaban J connectivity index is 1.62. The molecular weight excluding hydrogens is 210 g/mol. The molecule has 3 heteroatoms. The number of likely N-dealkylation sites (tertiary alicyclic amines) is 1. The lowest BCUT2D eigenvalue weighted by molar-refractivity contribution is 0.171. The van der Waals surface area contributed by atoms with Gasteiger partial charge in [-0.2, -0.15) is 0 Å². The van der Waals surface area contributed by atoms with Crippen molar-refractivity contribution in [2.24, 2.45) is 0 Å². The van der Waals surface area contributed by atoms with E-state index in [0.717, 1.165) is 24.2 Å². The fourth-order valence-corrected chi connectivity index (χ4v) is 4.22. The van der Waals surface area contributed by atoms with E-state index >= 15 is 0 Å². The molecule has 2 saturated heterocycles. The largest absolute Gasteiger partial charge is 0.317 e. The molecule has 0 aromatic carbocycles. The van der Waals surface area contributed by atoms with E-state index in [9.17, 15) is 0 Å². The van der Waals surface area contributed by atoms with Gasteiger partial charge in [-0.15, -0.1) is 0 Å². The molecule has 0 spiro atoms. The van der Waals surface area contributed by atoms with Crippen LogP contribution < -0.4 is 5.32 Å². The van der Waals surface area contributed by atoms with Crippen LogP contribution in [0.3, 0.4) is 0 Å². The van der Waals surface area contributed by atoms with Crippen LogP contribution in [0.2, 0.25) is 0 Å². The van der Waals surface area contributed by atoms with E-state index in [2.05, 4.69) is 29.2 Å². The molecule has 4 atom stereocenters. The first-order chi connectivity index (χ1) is 8.28. The van der Waals surface area contributed by atoms with Gasteiger partial charge in [0, 0.05) is 30.7 Å². The second-order valence-corrected chi connectivity index (χ2v) is 6.29. The number of nitrogens with one attached hydrogen (secondary N) is 1. The van der Waals surface area contributed by atoms with Crippen molar-refractivity contribution in [2.75, 3.05) is 27.2 Å². The van der Waals surface area contributed by atoms with E-state index in [0.29, 0.717) is 0 Å². The highest BCUT2D eigenvalue weighted by molar-refractivity contribution is 4.95. The van der Waals surface area contributed by atoms with Crippen molar-refractivity contribution in [3.63, 3.8) is 0 Å². The Labute approximate surface area is 106 Å². The molecule has 3 aliphatic rings. The predicted molar refractivity (Wildman–Crippen MR) is 71.2 cm³/mol. The monoisotopic (exact) mass is 237 g/mol. The minimum absolute atomic E-state index is 0.776. The summed E-state index contributed by atoms with van der Waals surface area (Å²) in [5.74, 6) is 0. The van der Waals surface area contributed by atoms with E-state index in [1.807, 2.05) is 0 Å². The predicted octanol–water partition coefficient (Wildman–Crippen LogP) is 1.30. The zero-order valence-electron chi connectivity index (χ0n) is 11.4. The van der Waals surface area contributed by atoms with Crippen LogP contribution in [-0.2, 0) is 0 Å². The van der Waals surface area contributed by atoms with Crippen LogP contribution in [0.5, 0.6) is 0 Å². The third kappa shape index (κ3) is 2.25. The van der Waals surface area contributed by atoms with E-state index in [1.165, 1.54) is 51.6 Å². The fraction of sp³-hybridized carbons (Fsp3) is 1.00. The zero-order valence-corrected chi connectivity index (χ0v) is 11.4.